The summed E-state index contributed by atoms with van der Waals surface area (Å²) in [6.07, 6.45) is 1.21. The van der Waals surface area contributed by atoms with E-state index in [4.69, 9.17) is 10.5 Å². The quantitative estimate of drug-likeness (QED) is 0.193. The van der Waals surface area contributed by atoms with Gasteiger partial charge in [0.25, 0.3) is 5.91 Å². The number of nitrogens with one attached hydrogen (secondary N) is 2. The maximum atomic E-state index is 12.8. The maximum absolute atomic E-state index is 12.8. The highest BCUT2D eigenvalue weighted by atomic mass is 16.5. The Labute approximate surface area is 239 Å². The summed E-state index contributed by atoms with van der Waals surface area (Å²) in [6, 6.07) is 39.0. The zero-order chi connectivity index (χ0) is 28.2. The molecular weight excluding hydrogens is 510 g/mol. The number of fused-ring (bicyclic) bond motifs is 1. The lowest BCUT2D eigenvalue weighted by atomic mass is 9.97. The van der Waals surface area contributed by atoms with Gasteiger partial charge in [-0.2, -0.15) is 0 Å². The molecule has 1 saturated carbocycles. The second-order valence-electron chi connectivity index (χ2n) is 10.7. The molecule has 0 aliphatic heterocycles. The van der Waals surface area contributed by atoms with Gasteiger partial charge in [0.1, 0.15) is 6.61 Å². The Kier molecular flexibility index (Phi) is 7.23. The average Bonchev–Trinajstić information content (AvgIpc) is 3.67. The van der Waals surface area contributed by atoms with Crippen LogP contribution in [0.3, 0.4) is 0 Å². The molecule has 0 radical (unpaired) electrons. The third-order valence-corrected chi connectivity index (χ3v) is 7.64. The van der Waals surface area contributed by atoms with Crippen LogP contribution in [0.2, 0.25) is 0 Å². The SMILES string of the molecule is N[C@]1(Cc2ccc3ccccc3c2)C[C@H]1c1ccc(NC(=O)c2ccc(NC(=O)OCc3ccccc3)cc2)cc1. The van der Waals surface area contributed by atoms with Crippen molar-refractivity contribution < 1.29 is 14.3 Å². The van der Waals surface area contributed by atoms with Gasteiger partial charge >= 0.3 is 6.09 Å². The Morgan fingerprint density at radius 2 is 1.39 bits per heavy atom. The van der Waals surface area contributed by atoms with Crippen LogP contribution >= 0.6 is 0 Å². The van der Waals surface area contributed by atoms with Gasteiger partial charge in [-0.3, -0.25) is 10.1 Å². The fourth-order valence-electron chi connectivity index (χ4n) is 5.28. The molecule has 1 aliphatic rings. The summed E-state index contributed by atoms with van der Waals surface area (Å²) in [5, 5.41) is 8.09. The minimum Gasteiger partial charge on any atom is -0.444 e. The van der Waals surface area contributed by atoms with E-state index in [9.17, 15) is 9.59 Å². The highest BCUT2D eigenvalue weighted by molar-refractivity contribution is 6.04. The number of amides is 2. The van der Waals surface area contributed by atoms with Crippen LogP contribution in [0, 0.1) is 0 Å². The van der Waals surface area contributed by atoms with Gasteiger partial charge in [-0.15, -0.1) is 0 Å². The molecule has 5 aromatic rings. The molecule has 4 N–H and O–H groups in total. The molecule has 0 heterocycles. The Morgan fingerprint density at radius 3 is 2.15 bits per heavy atom. The van der Waals surface area contributed by atoms with Crippen LogP contribution < -0.4 is 16.4 Å². The van der Waals surface area contributed by atoms with E-state index in [1.54, 1.807) is 24.3 Å². The van der Waals surface area contributed by atoms with E-state index in [-0.39, 0.29) is 24.0 Å². The monoisotopic (exact) mass is 541 g/mol. The second kappa shape index (κ2) is 11.3. The maximum Gasteiger partial charge on any atom is 0.411 e. The van der Waals surface area contributed by atoms with Crippen molar-refractivity contribution in [1.82, 2.24) is 0 Å². The minimum absolute atomic E-state index is 0.184. The first-order valence-electron chi connectivity index (χ1n) is 13.7. The molecule has 6 nitrogen and oxygen atoms in total. The molecule has 5 aromatic carbocycles. The minimum atomic E-state index is -0.555. The summed E-state index contributed by atoms with van der Waals surface area (Å²) in [4.78, 5) is 24.9. The molecule has 0 spiro atoms. The van der Waals surface area contributed by atoms with Gasteiger partial charge in [0, 0.05) is 28.4 Å². The smallest absolute Gasteiger partial charge is 0.411 e. The zero-order valence-corrected chi connectivity index (χ0v) is 22.5. The van der Waals surface area contributed by atoms with E-state index in [1.165, 1.54) is 21.9 Å². The fraction of sp³-hybridized carbons (Fsp3) is 0.143. The summed E-state index contributed by atoms with van der Waals surface area (Å²) in [5.41, 5.74) is 11.6. The standard InChI is InChI=1S/C35H31N3O3/c36-35(21-25-10-11-26-8-4-5-9-29(26)20-25)22-32(35)27-12-16-30(17-13-27)37-33(39)28-14-18-31(19-15-28)38-34(40)41-23-24-6-2-1-3-7-24/h1-20,32H,21-23,36H2,(H,37,39)(H,38,40)/t32-,35+/m0/s1. The molecule has 204 valence electrons. The molecule has 2 amide bonds. The van der Waals surface area contributed by atoms with Gasteiger partial charge in [0.15, 0.2) is 0 Å². The van der Waals surface area contributed by atoms with Crippen molar-refractivity contribution in [1.29, 1.82) is 0 Å². The molecule has 1 fully saturated rings. The lowest BCUT2D eigenvalue weighted by molar-refractivity contribution is 0.102. The van der Waals surface area contributed by atoms with E-state index in [0.29, 0.717) is 16.9 Å². The Bertz CT molecular complexity index is 1680. The average molecular weight is 542 g/mol. The Hall–Kier alpha value is -4.94. The highest BCUT2D eigenvalue weighted by Gasteiger charge is 2.51. The summed E-state index contributed by atoms with van der Waals surface area (Å²) in [6.45, 7) is 0.184. The number of ether oxygens (including phenoxy) is 1. The third kappa shape index (κ3) is 6.29. The summed E-state index contributed by atoms with van der Waals surface area (Å²) in [5.74, 6) is 0.0602. The topological polar surface area (TPSA) is 93.5 Å². The van der Waals surface area contributed by atoms with Crippen molar-refractivity contribution in [2.75, 3.05) is 10.6 Å². The predicted molar refractivity (Wildman–Crippen MR) is 163 cm³/mol. The number of benzene rings is 5. The summed E-state index contributed by atoms with van der Waals surface area (Å²) >= 11 is 0. The van der Waals surface area contributed by atoms with Crippen LogP contribution in [0.25, 0.3) is 10.8 Å². The van der Waals surface area contributed by atoms with Crippen molar-refractivity contribution in [2.24, 2.45) is 5.73 Å². The van der Waals surface area contributed by atoms with Crippen molar-refractivity contribution in [2.45, 2.75) is 30.9 Å². The Morgan fingerprint density at radius 1 is 0.732 bits per heavy atom. The second-order valence-corrected chi connectivity index (χ2v) is 10.7. The molecule has 0 bridgehead atoms. The van der Waals surface area contributed by atoms with Gasteiger partial charge in [-0.05, 0) is 76.7 Å². The molecule has 1 aliphatic carbocycles. The van der Waals surface area contributed by atoms with Gasteiger partial charge in [0.05, 0.1) is 0 Å². The van der Waals surface area contributed by atoms with E-state index in [1.807, 2.05) is 54.6 Å². The molecule has 6 rings (SSSR count). The Balaban J connectivity index is 1.00. The molecule has 41 heavy (non-hydrogen) atoms. The van der Waals surface area contributed by atoms with Crippen LogP contribution in [0.5, 0.6) is 0 Å². The first-order chi connectivity index (χ1) is 19.9. The predicted octanol–water partition coefficient (Wildman–Crippen LogP) is 7.27. The molecule has 0 aromatic heterocycles. The number of hydrogen-bond donors (Lipinski definition) is 3. The summed E-state index contributed by atoms with van der Waals surface area (Å²) < 4.78 is 5.24. The number of anilines is 2. The van der Waals surface area contributed by atoms with Gasteiger partial charge < -0.3 is 15.8 Å². The van der Waals surface area contributed by atoms with E-state index in [2.05, 4.69) is 53.1 Å². The number of nitrogens with two attached hydrogens (primary N) is 1. The lowest BCUT2D eigenvalue weighted by Crippen LogP contribution is -2.27. The zero-order valence-electron chi connectivity index (χ0n) is 22.5. The van der Waals surface area contributed by atoms with Crippen molar-refractivity contribution >= 4 is 34.1 Å². The van der Waals surface area contributed by atoms with Crippen LogP contribution in [-0.2, 0) is 17.8 Å². The fourth-order valence-corrected chi connectivity index (χ4v) is 5.28. The normalized spacial score (nSPS) is 17.5. The number of carbonyl (C=O) groups is 2. The molecule has 2 atom stereocenters. The van der Waals surface area contributed by atoms with Gasteiger partial charge in [-0.25, -0.2) is 4.79 Å². The van der Waals surface area contributed by atoms with Crippen LogP contribution in [0.1, 0.15) is 39.4 Å². The molecular formula is C35H31N3O3. The highest BCUT2D eigenvalue weighted by Crippen LogP contribution is 2.51. The van der Waals surface area contributed by atoms with Crippen LogP contribution in [-0.4, -0.2) is 17.5 Å². The van der Waals surface area contributed by atoms with Crippen molar-refractivity contribution in [3.63, 3.8) is 0 Å². The van der Waals surface area contributed by atoms with E-state index in [0.717, 1.165) is 18.4 Å². The largest absolute Gasteiger partial charge is 0.444 e. The number of hydrogen-bond acceptors (Lipinski definition) is 4. The van der Waals surface area contributed by atoms with Crippen LogP contribution in [0.15, 0.2) is 121 Å². The molecule has 0 unspecified atom stereocenters. The lowest BCUT2D eigenvalue weighted by Gasteiger charge is -2.13. The van der Waals surface area contributed by atoms with Crippen LogP contribution in [0.4, 0.5) is 16.2 Å². The third-order valence-electron chi connectivity index (χ3n) is 7.64. The first-order valence-corrected chi connectivity index (χ1v) is 13.7. The number of rotatable bonds is 8. The molecule has 0 saturated heterocycles. The van der Waals surface area contributed by atoms with E-state index < -0.39 is 6.09 Å². The van der Waals surface area contributed by atoms with Gasteiger partial charge in [0.2, 0.25) is 0 Å². The molecule has 6 heteroatoms. The first kappa shape index (κ1) is 26.3. The van der Waals surface area contributed by atoms with Gasteiger partial charge in [-0.1, -0.05) is 84.9 Å². The van der Waals surface area contributed by atoms with E-state index >= 15 is 0 Å². The number of carbonyl (C=O) groups excluding carboxylic acids is 2. The van der Waals surface area contributed by atoms with Crippen molar-refractivity contribution in [3.8, 4) is 0 Å². The van der Waals surface area contributed by atoms with Crippen molar-refractivity contribution in [3.05, 3.63) is 144 Å². The summed E-state index contributed by atoms with van der Waals surface area (Å²) in [7, 11) is 0.